The summed E-state index contributed by atoms with van der Waals surface area (Å²) in [5, 5.41) is 5.42. The monoisotopic (exact) mass is 263 g/mol. The van der Waals surface area contributed by atoms with Crippen LogP contribution in [-0.4, -0.2) is 23.0 Å². The Bertz CT molecular complexity index is 538. The van der Waals surface area contributed by atoms with Crippen molar-refractivity contribution < 1.29 is 4.74 Å². The predicted molar refractivity (Wildman–Crippen MR) is 74.0 cm³/mol. The first-order chi connectivity index (χ1) is 8.86. The zero-order valence-corrected chi connectivity index (χ0v) is 11.3. The number of fused-ring (bicyclic) bond motifs is 1. The highest BCUT2D eigenvalue weighted by Crippen LogP contribution is 2.22. The van der Waals surface area contributed by atoms with Gasteiger partial charge in [0.1, 0.15) is 5.69 Å². The second-order valence-electron chi connectivity index (χ2n) is 3.96. The van der Waals surface area contributed by atoms with Crippen molar-refractivity contribution in [1.82, 2.24) is 14.7 Å². The van der Waals surface area contributed by atoms with Crippen molar-refractivity contribution in [3.05, 3.63) is 17.3 Å². The molecule has 0 aliphatic rings. The number of unbranched alkanes of at least 4 members (excludes halogenated alkanes) is 2. The molecule has 4 nitrogen and oxygen atoms in total. The number of aromatic nitrogens is 2. The molecule has 0 spiro atoms. The molecule has 0 radical (unpaired) electrons. The van der Waals surface area contributed by atoms with E-state index in [4.69, 9.17) is 11.2 Å². The second-order valence-corrected chi connectivity index (χ2v) is 4.83. The first-order valence-corrected chi connectivity index (χ1v) is 6.87. The summed E-state index contributed by atoms with van der Waals surface area (Å²) in [7, 11) is 1.66. The average molecular weight is 263 g/mol. The lowest BCUT2D eigenvalue weighted by atomic mass is 10.2. The molecule has 0 amide bonds. The molecular formula is C13H17N3OS. The van der Waals surface area contributed by atoms with E-state index in [1.807, 2.05) is 11.6 Å². The van der Waals surface area contributed by atoms with E-state index in [-0.39, 0.29) is 0 Å². The molecular weight excluding hydrogens is 246 g/mol. The van der Waals surface area contributed by atoms with Gasteiger partial charge in [-0.2, -0.15) is 4.98 Å². The van der Waals surface area contributed by atoms with E-state index in [2.05, 4.69) is 20.6 Å². The highest BCUT2D eigenvalue weighted by Gasteiger charge is 2.12. The largest absolute Gasteiger partial charge is 0.480 e. The predicted octanol–water partition coefficient (Wildman–Crippen LogP) is 2.30. The third-order valence-electron chi connectivity index (χ3n) is 2.73. The SMILES string of the molecule is C#CCCCCNCc1c(OC)nc2sccn12. The van der Waals surface area contributed by atoms with E-state index in [0.717, 1.165) is 43.0 Å². The number of imidazole rings is 1. The summed E-state index contributed by atoms with van der Waals surface area (Å²) < 4.78 is 7.36. The van der Waals surface area contributed by atoms with Crippen molar-refractivity contribution in [3.63, 3.8) is 0 Å². The molecule has 2 rings (SSSR count). The Hall–Kier alpha value is -1.51. The minimum absolute atomic E-state index is 0.706. The maximum absolute atomic E-state index is 5.29. The number of rotatable bonds is 7. The molecule has 0 saturated heterocycles. The van der Waals surface area contributed by atoms with Gasteiger partial charge < -0.3 is 10.1 Å². The summed E-state index contributed by atoms with van der Waals surface area (Å²) in [5.41, 5.74) is 1.07. The van der Waals surface area contributed by atoms with Crippen molar-refractivity contribution >= 4 is 16.3 Å². The van der Waals surface area contributed by atoms with Crippen LogP contribution in [-0.2, 0) is 6.54 Å². The summed E-state index contributed by atoms with van der Waals surface area (Å²) in [6.45, 7) is 1.72. The minimum atomic E-state index is 0.706. The summed E-state index contributed by atoms with van der Waals surface area (Å²) in [6, 6.07) is 0. The second kappa shape index (κ2) is 6.43. The van der Waals surface area contributed by atoms with Gasteiger partial charge in [-0.05, 0) is 19.4 Å². The Morgan fingerprint density at radius 3 is 3.22 bits per heavy atom. The van der Waals surface area contributed by atoms with Crippen LogP contribution in [0.3, 0.4) is 0 Å². The molecule has 2 aromatic rings. The molecule has 0 aliphatic heterocycles. The fourth-order valence-corrected chi connectivity index (χ4v) is 2.55. The lowest BCUT2D eigenvalue weighted by molar-refractivity contribution is 0.392. The number of hydrogen-bond donors (Lipinski definition) is 1. The van der Waals surface area contributed by atoms with Crippen LogP contribution < -0.4 is 10.1 Å². The summed E-state index contributed by atoms with van der Waals surface area (Å²) in [4.78, 5) is 5.38. The van der Waals surface area contributed by atoms with Crippen LogP contribution in [0.5, 0.6) is 5.88 Å². The van der Waals surface area contributed by atoms with Gasteiger partial charge in [0.15, 0.2) is 4.96 Å². The number of methoxy groups -OCH3 is 1. The van der Waals surface area contributed by atoms with E-state index >= 15 is 0 Å². The Morgan fingerprint density at radius 1 is 1.56 bits per heavy atom. The average Bonchev–Trinajstić information content (AvgIpc) is 2.94. The van der Waals surface area contributed by atoms with E-state index in [9.17, 15) is 0 Å². The molecule has 96 valence electrons. The third-order valence-corrected chi connectivity index (χ3v) is 3.49. The van der Waals surface area contributed by atoms with Crippen LogP contribution in [0.2, 0.25) is 0 Å². The number of terminal acetylenes is 1. The van der Waals surface area contributed by atoms with Crippen molar-refractivity contribution in [2.24, 2.45) is 0 Å². The number of nitrogens with one attached hydrogen (secondary N) is 1. The van der Waals surface area contributed by atoms with Crippen LogP contribution in [0.15, 0.2) is 11.6 Å². The van der Waals surface area contributed by atoms with Gasteiger partial charge in [-0.15, -0.1) is 23.7 Å². The summed E-state index contributed by atoms with van der Waals surface area (Å²) in [6.07, 6.45) is 10.2. The highest BCUT2D eigenvalue weighted by molar-refractivity contribution is 7.15. The fraction of sp³-hybridized carbons (Fsp3) is 0.462. The van der Waals surface area contributed by atoms with E-state index in [1.165, 1.54) is 0 Å². The molecule has 0 atom stereocenters. The molecule has 5 heteroatoms. The standard InChI is InChI=1S/C13H17N3OS/c1-3-4-5-6-7-14-10-11-12(17-2)15-13-16(11)8-9-18-13/h1,8-9,14H,4-7,10H2,2H3. The smallest absolute Gasteiger partial charge is 0.237 e. The van der Waals surface area contributed by atoms with E-state index < -0.39 is 0 Å². The molecule has 2 aromatic heterocycles. The number of thiazole rings is 1. The van der Waals surface area contributed by atoms with Gasteiger partial charge in [0.05, 0.1) is 7.11 Å². The van der Waals surface area contributed by atoms with Crippen molar-refractivity contribution in [2.75, 3.05) is 13.7 Å². The lowest BCUT2D eigenvalue weighted by Crippen LogP contribution is -2.16. The number of nitrogens with zero attached hydrogens (tertiary/aromatic N) is 2. The quantitative estimate of drug-likeness (QED) is 0.615. The Balaban J connectivity index is 1.90. The van der Waals surface area contributed by atoms with Crippen LogP contribution in [0.25, 0.3) is 4.96 Å². The van der Waals surface area contributed by atoms with Crippen LogP contribution >= 0.6 is 11.3 Å². The summed E-state index contributed by atoms with van der Waals surface area (Å²) >= 11 is 1.61. The molecule has 0 saturated carbocycles. The van der Waals surface area contributed by atoms with E-state index in [1.54, 1.807) is 18.4 Å². The molecule has 2 heterocycles. The van der Waals surface area contributed by atoms with Gasteiger partial charge in [-0.3, -0.25) is 4.40 Å². The molecule has 0 aromatic carbocycles. The molecule has 18 heavy (non-hydrogen) atoms. The topological polar surface area (TPSA) is 38.6 Å². The summed E-state index contributed by atoms with van der Waals surface area (Å²) in [5.74, 6) is 3.36. The normalized spacial score (nSPS) is 10.7. The van der Waals surface area contributed by atoms with Crippen molar-refractivity contribution in [2.45, 2.75) is 25.8 Å². The molecule has 1 N–H and O–H groups in total. The Morgan fingerprint density at radius 2 is 2.44 bits per heavy atom. The zero-order chi connectivity index (χ0) is 12.8. The van der Waals surface area contributed by atoms with Crippen LogP contribution in [0.4, 0.5) is 0 Å². The lowest BCUT2D eigenvalue weighted by Gasteiger charge is -2.05. The van der Waals surface area contributed by atoms with Gasteiger partial charge in [0.25, 0.3) is 0 Å². The van der Waals surface area contributed by atoms with Crippen molar-refractivity contribution in [1.29, 1.82) is 0 Å². The van der Waals surface area contributed by atoms with Crippen molar-refractivity contribution in [3.8, 4) is 18.2 Å². The van der Waals surface area contributed by atoms with Crippen LogP contribution in [0, 0.1) is 12.3 Å². The maximum atomic E-state index is 5.29. The molecule has 0 aliphatic carbocycles. The molecule has 0 unspecified atom stereocenters. The Labute approximate surface area is 111 Å². The van der Waals surface area contributed by atoms with Gasteiger partial charge in [-0.1, -0.05) is 0 Å². The van der Waals surface area contributed by atoms with Crippen LogP contribution in [0.1, 0.15) is 25.0 Å². The van der Waals surface area contributed by atoms with Gasteiger partial charge in [0, 0.05) is 24.5 Å². The minimum Gasteiger partial charge on any atom is -0.480 e. The van der Waals surface area contributed by atoms with Gasteiger partial charge in [0.2, 0.25) is 5.88 Å². The first kappa shape index (κ1) is 12.9. The first-order valence-electron chi connectivity index (χ1n) is 5.99. The fourth-order valence-electron chi connectivity index (χ4n) is 1.82. The van der Waals surface area contributed by atoms with Gasteiger partial charge in [-0.25, -0.2) is 0 Å². The highest BCUT2D eigenvalue weighted by atomic mass is 32.1. The molecule has 0 fully saturated rings. The Kier molecular flexibility index (Phi) is 4.62. The van der Waals surface area contributed by atoms with E-state index in [0.29, 0.717) is 5.88 Å². The number of hydrogen-bond acceptors (Lipinski definition) is 4. The third kappa shape index (κ3) is 2.84. The zero-order valence-electron chi connectivity index (χ0n) is 10.5. The molecule has 0 bridgehead atoms. The van der Waals surface area contributed by atoms with Gasteiger partial charge >= 0.3 is 0 Å². The number of ether oxygens (including phenoxy) is 1. The maximum Gasteiger partial charge on any atom is 0.237 e.